The first kappa shape index (κ1) is 16.3. The van der Waals surface area contributed by atoms with Crippen LogP contribution < -0.4 is 10.6 Å². The number of methoxy groups -OCH3 is 1. The lowest BCUT2D eigenvalue weighted by Crippen LogP contribution is -2.46. The Labute approximate surface area is 120 Å². The predicted octanol–water partition coefficient (Wildman–Crippen LogP) is -0.318. The van der Waals surface area contributed by atoms with Crippen LogP contribution in [-0.2, 0) is 20.9 Å². The molecule has 0 saturated carbocycles. The van der Waals surface area contributed by atoms with Gasteiger partial charge in [0.15, 0.2) is 0 Å². The van der Waals surface area contributed by atoms with Crippen LogP contribution in [0.15, 0.2) is 18.6 Å². The zero-order chi connectivity index (χ0) is 15.7. The number of carboxylic acid groups (broad SMARTS) is 1. The van der Waals surface area contributed by atoms with E-state index < -0.39 is 24.0 Å². The number of carbonyl (C=O) groups is 3. The normalized spacial score (nSPS) is 11.3. The van der Waals surface area contributed by atoms with Crippen molar-refractivity contribution in [3.8, 4) is 0 Å². The lowest BCUT2D eigenvalue weighted by molar-refractivity contribution is -0.142. The molecule has 0 radical (unpaired) electrons. The zero-order valence-corrected chi connectivity index (χ0v) is 11.4. The highest BCUT2D eigenvalue weighted by Gasteiger charge is 2.21. The summed E-state index contributed by atoms with van der Waals surface area (Å²) in [4.78, 5) is 41.2. The number of esters is 1. The van der Waals surface area contributed by atoms with Crippen molar-refractivity contribution in [1.82, 2.24) is 20.6 Å². The second-order valence-electron chi connectivity index (χ2n) is 4.03. The van der Waals surface area contributed by atoms with Crippen LogP contribution in [0.2, 0.25) is 0 Å². The van der Waals surface area contributed by atoms with Crippen LogP contribution in [0.3, 0.4) is 0 Å². The maximum absolute atomic E-state index is 11.6. The predicted molar refractivity (Wildman–Crippen MR) is 70.1 cm³/mol. The van der Waals surface area contributed by atoms with E-state index in [0.29, 0.717) is 5.69 Å². The van der Waals surface area contributed by atoms with E-state index in [0.717, 1.165) is 0 Å². The van der Waals surface area contributed by atoms with Crippen LogP contribution in [-0.4, -0.2) is 46.2 Å². The van der Waals surface area contributed by atoms with Crippen LogP contribution in [0.4, 0.5) is 4.79 Å². The first-order valence-electron chi connectivity index (χ1n) is 6.11. The quantitative estimate of drug-likeness (QED) is 0.588. The van der Waals surface area contributed by atoms with Gasteiger partial charge in [-0.15, -0.1) is 0 Å². The minimum Gasteiger partial charge on any atom is -0.480 e. The highest BCUT2D eigenvalue weighted by molar-refractivity contribution is 5.83. The Bertz CT molecular complexity index is 494. The second kappa shape index (κ2) is 8.46. The molecule has 21 heavy (non-hydrogen) atoms. The number of ether oxygens (including phenoxy) is 1. The van der Waals surface area contributed by atoms with Crippen molar-refractivity contribution >= 4 is 18.0 Å². The Balaban J connectivity index is 2.41. The highest BCUT2D eigenvalue weighted by atomic mass is 16.5. The molecule has 9 heteroatoms. The molecule has 1 rings (SSSR count). The average molecular weight is 296 g/mol. The van der Waals surface area contributed by atoms with Gasteiger partial charge in [0.05, 0.1) is 19.3 Å². The third-order valence-electron chi connectivity index (χ3n) is 2.54. The number of nitrogens with one attached hydrogen (secondary N) is 2. The molecule has 1 aromatic heterocycles. The number of urea groups is 1. The number of carboxylic acids is 1. The van der Waals surface area contributed by atoms with Crippen molar-refractivity contribution in [3.05, 3.63) is 24.3 Å². The van der Waals surface area contributed by atoms with Gasteiger partial charge in [0, 0.05) is 12.6 Å². The van der Waals surface area contributed by atoms with Crippen LogP contribution in [0.5, 0.6) is 0 Å². The number of hydrogen-bond acceptors (Lipinski definition) is 6. The molecule has 0 fully saturated rings. The van der Waals surface area contributed by atoms with E-state index in [-0.39, 0.29) is 19.4 Å². The van der Waals surface area contributed by atoms with Crippen molar-refractivity contribution in [2.24, 2.45) is 0 Å². The first-order chi connectivity index (χ1) is 10.0. The molecule has 0 spiro atoms. The molecule has 114 valence electrons. The molecule has 2 amide bonds. The van der Waals surface area contributed by atoms with Gasteiger partial charge in [-0.2, -0.15) is 0 Å². The van der Waals surface area contributed by atoms with Gasteiger partial charge in [0.1, 0.15) is 12.4 Å². The maximum atomic E-state index is 11.6. The van der Waals surface area contributed by atoms with Gasteiger partial charge in [-0.3, -0.25) is 4.79 Å². The lowest BCUT2D eigenvalue weighted by Gasteiger charge is -2.14. The third-order valence-corrected chi connectivity index (χ3v) is 2.54. The van der Waals surface area contributed by atoms with Crippen molar-refractivity contribution in [2.45, 2.75) is 25.4 Å². The number of aromatic nitrogens is 2. The Hall–Kier alpha value is -2.71. The van der Waals surface area contributed by atoms with Crippen molar-refractivity contribution in [3.63, 3.8) is 0 Å². The van der Waals surface area contributed by atoms with Crippen LogP contribution >= 0.6 is 0 Å². The molecule has 0 aliphatic carbocycles. The first-order valence-corrected chi connectivity index (χ1v) is 6.11. The monoisotopic (exact) mass is 296 g/mol. The summed E-state index contributed by atoms with van der Waals surface area (Å²) in [6.07, 6.45) is 2.71. The van der Waals surface area contributed by atoms with E-state index in [1.165, 1.54) is 19.6 Å². The zero-order valence-electron chi connectivity index (χ0n) is 11.4. The molecular formula is C12H16N4O5. The summed E-state index contributed by atoms with van der Waals surface area (Å²) in [6.45, 7) is 0.137. The molecule has 0 aliphatic heterocycles. The summed E-state index contributed by atoms with van der Waals surface area (Å²) in [5, 5.41) is 13.7. The molecule has 0 aliphatic rings. The molecule has 0 bridgehead atoms. The van der Waals surface area contributed by atoms with E-state index >= 15 is 0 Å². The maximum Gasteiger partial charge on any atom is 0.326 e. The van der Waals surface area contributed by atoms with Crippen molar-refractivity contribution in [2.75, 3.05) is 7.11 Å². The van der Waals surface area contributed by atoms with Gasteiger partial charge in [0.25, 0.3) is 0 Å². The summed E-state index contributed by atoms with van der Waals surface area (Å²) in [5.74, 6) is -1.76. The van der Waals surface area contributed by atoms with Crippen LogP contribution in [0.1, 0.15) is 18.5 Å². The van der Waals surface area contributed by atoms with Gasteiger partial charge in [-0.25, -0.2) is 19.6 Å². The number of hydrogen-bond donors (Lipinski definition) is 3. The summed E-state index contributed by atoms with van der Waals surface area (Å²) >= 11 is 0. The lowest BCUT2D eigenvalue weighted by atomic mass is 10.1. The van der Waals surface area contributed by atoms with Gasteiger partial charge in [0.2, 0.25) is 0 Å². The molecule has 0 unspecified atom stereocenters. The fourth-order valence-electron chi connectivity index (χ4n) is 1.42. The highest BCUT2D eigenvalue weighted by Crippen LogP contribution is 2.00. The minimum atomic E-state index is -1.23. The molecule has 1 aromatic rings. The number of aliphatic carboxylic acids is 1. The second-order valence-corrected chi connectivity index (χ2v) is 4.03. The van der Waals surface area contributed by atoms with Crippen molar-refractivity contribution in [1.29, 1.82) is 0 Å². The van der Waals surface area contributed by atoms with Gasteiger partial charge in [-0.05, 0) is 12.5 Å². The molecule has 3 N–H and O–H groups in total. The fourth-order valence-corrected chi connectivity index (χ4v) is 1.42. The van der Waals surface area contributed by atoms with E-state index in [4.69, 9.17) is 5.11 Å². The van der Waals surface area contributed by atoms with Gasteiger partial charge in [-0.1, -0.05) is 0 Å². The molecule has 0 aromatic carbocycles. The smallest absolute Gasteiger partial charge is 0.326 e. The number of carbonyl (C=O) groups excluding carboxylic acids is 2. The Morgan fingerprint density at radius 2 is 2.19 bits per heavy atom. The van der Waals surface area contributed by atoms with E-state index in [9.17, 15) is 14.4 Å². The minimum absolute atomic E-state index is 0.0526. The van der Waals surface area contributed by atoms with Crippen LogP contribution in [0.25, 0.3) is 0 Å². The molecule has 9 nitrogen and oxygen atoms in total. The van der Waals surface area contributed by atoms with Gasteiger partial charge >= 0.3 is 18.0 Å². The topological polar surface area (TPSA) is 131 Å². The molecule has 0 saturated heterocycles. The Morgan fingerprint density at radius 3 is 2.76 bits per heavy atom. The van der Waals surface area contributed by atoms with Crippen molar-refractivity contribution < 1.29 is 24.2 Å². The fraction of sp³-hybridized carbons (Fsp3) is 0.417. The van der Waals surface area contributed by atoms with Crippen LogP contribution in [0, 0.1) is 0 Å². The SMILES string of the molecule is COC(=O)CC[C@H](NC(=O)NCc1ccncn1)C(=O)O. The summed E-state index contributed by atoms with van der Waals surface area (Å²) in [5.41, 5.74) is 0.585. The van der Waals surface area contributed by atoms with E-state index in [1.54, 1.807) is 6.07 Å². The number of amides is 2. The standard InChI is InChI=1S/C12H16N4O5/c1-21-10(17)3-2-9(11(18)19)16-12(20)14-6-8-4-5-13-7-15-8/h4-5,7,9H,2-3,6H2,1H3,(H,18,19)(H2,14,16,20)/t9-/m0/s1. The summed E-state index contributed by atoms with van der Waals surface area (Å²) in [7, 11) is 1.21. The molecule has 1 atom stereocenters. The Kier molecular flexibility index (Phi) is 6.58. The summed E-state index contributed by atoms with van der Waals surface area (Å²) in [6, 6.07) is -0.216. The number of rotatable bonds is 7. The number of nitrogens with zero attached hydrogens (tertiary/aromatic N) is 2. The third kappa shape index (κ3) is 6.32. The Morgan fingerprint density at radius 1 is 1.43 bits per heavy atom. The summed E-state index contributed by atoms with van der Waals surface area (Å²) < 4.78 is 4.42. The largest absolute Gasteiger partial charge is 0.480 e. The molecule has 1 heterocycles. The van der Waals surface area contributed by atoms with E-state index in [1.807, 2.05) is 0 Å². The molecular weight excluding hydrogens is 280 g/mol. The van der Waals surface area contributed by atoms with E-state index in [2.05, 4.69) is 25.3 Å². The average Bonchev–Trinajstić information content (AvgIpc) is 2.49. The van der Waals surface area contributed by atoms with Gasteiger partial charge < -0.3 is 20.5 Å².